The zero-order valence-electron chi connectivity index (χ0n) is 25.4. The molecule has 3 heterocycles. The van der Waals surface area contributed by atoms with Gasteiger partial charge in [-0.2, -0.15) is 0 Å². The van der Waals surface area contributed by atoms with Crippen molar-refractivity contribution in [3.63, 3.8) is 0 Å². The molecule has 222 valence electrons. The van der Waals surface area contributed by atoms with E-state index in [1.807, 2.05) is 42.5 Å². The maximum absolute atomic E-state index is 6.67. The van der Waals surface area contributed by atoms with Crippen LogP contribution in [0.1, 0.15) is 18.7 Å². The molecular formula is C42H27N3O2. The first-order chi connectivity index (χ1) is 23.3. The monoisotopic (exact) mass is 605 g/mol. The van der Waals surface area contributed by atoms with E-state index in [2.05, 4.69) is 102 Å². The molecule has 0 N–H and O–H groups in total. The molecule has 5 heteroatoms. The van der Waals surface area contributed by atoms with Crippen molar-refractivity contribution in [3.8, 4) is 34.3 Å². The third kappa shape index (κ3) is 4.03. The summed E-state index contributed by atoms with van der Waals surface area (Å²) in [5.74, 6) is 3.61. The second-order valence-corrected chi connectivity index (χ2v) is 12.1. The minimum atomic E-state index is 0.704. The van der Waals surface area contributed by atoms with Gasteiger partial charge in [0, 0.05) is 32.8 Å². The predicted molar refractivity (Wildman–Crippen MR) is 190 cm³/mol. The van der Waals surface area contributed by atoms with Gasteiger partial charge in [0.1, 0.15) is 5.52 Å². The molecule has 1 aliphatic carbocycles. The van der Waals surface area contributed by atoms with Gasteiger partial charge in [-0.3, -0.25) is 0 Å². The fourth-order valence-corrected chi connectivity index (χ4v) is 7.16. The normalized spacial score (nSPS) is 14.0. The molecule has 0 saturated heterocycles. The lowest BCUT2D eigenvalue weighted by molar-refractivity contribution is 0.362. The molecule has 0 bridgehead atoms. The number of para-hydroxylation sites is 3. The smallest absolute Gasteiger partial charge is 0.194 e. The van der Waals surface area contributed by atoms with Gasteiger partial charge in [0.2, 0.25) is 0 Å². The van der Waals surface area contributed by atoms with Crippen LogP contribution in [0.3, 0.4) is 0 Å². The highest BCUT2D eigenvalue weighted by Gasteiger charge is 2.27. The summed E-state index contributed by atoms with van der Waals surface area (Å²) in [5.41, 5.74) is 7.26. The topological polar surface area (TPSA) is 49.2 Å². The average Bonchev–Trinajstić information content (AvgIpc) is 3.49. The molecule has 5 nitrogen and oxygen atoms in total. The van der Waals surface area contributed by atoms with E-state index in [1.54, 1.807) is 0 Å². The Kier molecular flexibility index (Phi) is 5.63. The number of hydrogen-bond donors (Lipinski definition) is 0. The maximum atomic E-state index is 6.67. The highest BCUT2D eigenvalue weighted by molar-refractivity contribution is 6.21. The molecule has 0 radical (unpaired) electrons. The number of nitrogens with zero attached hydrogens (tertiary/aromatic N) is 3. The molecule has 0 atom stereocenters. The number of fused-ring (bicyclic) bond motifs is 9. The highest BCUT2D eigenvalue weighted by atomic mass is 16.6. The van der Waals surface area contributed by atoms with Crippen LogP contribution < -0.4 is 9.47 Å². The minimum Gasteiger partial charge on any atom is -0.449 e. The molecule has 6 aromatic carbocycles. The Morgan fingerprint density at radius 3 is 2.17 bits per heavy atom. The molecule has 1 aliphatic heterocycles. The Bertz CT molecular complexity index is 2630. The Morgan fingerprint density at radius 1 is 0.553 bits per heavy atom. The number of aromatic nitrogens is 3. The van der Waals surface area contributed by atoms with Crippen molar-refractivity contribution in [2.24, 2.45) is 0 Å². The summed E-state index contributed by atoms with van der Waals surface area (Å²) in [4.78, 5) is 10.3. The van der Waals surface area contributed by atoms with E-state index in [0.29, 0.717) is 17.2 Å². The van der Waals surface area contributed by atoms with E-state index in [-0.39, 0.29) is 0 Å². The largest absolute Gasteiger partial charge is 0.449 e. The molecule has 2 aliphatic rings. The SMILES string of the molecule is C1=C(c2nc(-c3ccccc3)c3ccccc3n2)CCC=C1n1c2c3c(ccc2c2ccc4ccccc4c21)Oc1ccccc1O3. The van der Waals surface area contributed by atoms with E-state index in [1.165, 1.54) is 16.2 Å². The lowest BCUT2D eigenvalue weighted by Crippen LogP contribution is -2.05. The van der Waals surface area contributed by atoms with Crippen LogP contribution in [0.2, 0.25) is 0 Å². The maximum Gasteiger partial charge on any atom is 0.194 e. The molecular weight excluding hydrogens is 578 g/mol. The van der Waals surface area contributed by atoms with Crippen molar-refractivity contribution in [2.75, 3.05) is 0 Å². The molecule has 8 aromatic rings. The van der Waals surface area contributed by atoms with Crippen molar-refractivity contribution in [2.45, 2.75) is 12.8 Å². The van der Waals surface area contributed by atoms with Gasteiger partial charge in [-0.1, -0.05) is 103 Å². The lowest BCUT2D eigenvalue weighted by Gasteiger charge is -2.23. The average molecular weight is 606 g/mol. The van der Waals surface area contributed by atoms with Gasteiger partial charge in [0.15, 0.2) is 28.8 Å². The lowest BCUT2D eigenvalue weighted by atomic mass is 10.00. The van der Waals surface area contributed by atoms with Gasteiger partial charge in [-0.05, 0) is 60.2 Å². The van der Waals surface area contributed by atoms with Crippen molar-refractivity contribution in [1.82, 2.24) is 14.5 Å². The summed E-state index contributed by atoms with van der Waals surface area (Å²) in [6.45, 7) is 0. The van der Waals surface area contributed by atoms with Crippen molar-refractivity contribution >= 4 is 54.8 Å². The standard InChI is InChI=1S/C42H27N3O2/c1-2-12-27(13-3-1)38-33-17-6-7-18-34(33)43-42(44-38)28-14-10-15-29(25-28)45-39-30-16-5-4-11-26(30)21-22-31(39)32-23-24-37-41(40(32)45)47-36-20-9-8-19-35(36)46-37/h1-9,11-13,15-25H,10,14H2. The molecule has 0 amide bonds. The van der Waals surface area contributed by atoms with Gasteiger partial charge in [-0.25, -0.2) is 9.97 Å². The zero-order chi connectivity index (χ0) is 30.9. The fraction of sp³-hybridized carbons (Fsp3) is 0.0476. The van der Waals surface area contributed by atoms with E-state index < -0.39 is 0 Å². The number of allylic oxidation sites excluding steroid dienone is 4. The van der Waals surface area contributed by atoms with Crippen LogP contribution in [0.4, 0.5) is 0 Å². The van der Waals surface area contributed by atoms with Gasteiger partial charge < -0.3 is 14.0 Å². The Balaban J connectivity index is 1.23. The number of ether oxygens (including phenoxy) is 2. The van der Waals surface area contributed by atoms with Crippen molar-refractivity contribution in [3.05, 3.63) is 145 Å². The van der Waals surface area contributed by atoms with Crippen LogP contribution >= 0.6 is 0 Å². The second-order valence-electron chi connectivity index (χ2n) is 12.1. The summed E-state index contributed by atoms with van der Waals surface area (Å²) in [6.07, 6.45) is 6.29. The van der Waals surface area contributed by atoms with Crippen LogP contribution in [-0.2, 0) is 0 Å². The summed E-state index contributed by atoms with van der Waals surface area (Å²) < 4.78 is 15.4. The van der Waals surface area contributed by atoms with Gasteiger partial charge in [-0.15, -0.1) is 0 Å². The first kappa shape index (κ1) is 26.1. The molecule has 0 spiro atoms. The molecule has 10 rings (SSSR count). The molecule has 47 heavy (non-hydrogen) atoms. The Morgan fingerprint density at radius 2 is 1.28 bits per heavy atom. The van der Waals surface area contributed by atoms with Crippen LogP contribution in [0.15, 0.2) is 140 Å². The first-order valence-electron chi connectivity index (χ1n) is 16.0. The van der Waals surface area contributed by atoms with Gasteiger partial charge >= 0.3 is 0 Å². The van der Waals surface area contributed by atoms with Crippen LogP contribution in [0.25, 0.3) is 66.0 Å². The number of hydrogen-bond acceptors (Lipinski definition) is 4. The molecule has 0 unspecified atom stereocenters. The van der Waals surface area contributed by atoms with Crippen LogP contribution in [0, 0.1) is 0 Å². The summed E-state index contributed by atoms with van der Waals surface area (Å²) in [7, 11) is 0. The molecule has 0 fully saturated rings. The Labute approximate surface area is 270 Å². The van der Waals surface area contributed by atoms with E-state index >= 15 is 0 Å². The van der Waals surface area contributed by atoms with Crippen LogP contribution in [0.5, 0.6) is 23.0 Å². The Hall–Kier alpha value is -6.20. The summed E-state index contributed by atoms with van der Waals surface area (Å²) >= 11 is 0. The summed E-state index contributed by atoms with van der Waals surface area (Å²) in [6, 6.07) is 43.7. The predicted octanol–water partition coefficient (Wildman–Crippen LogP) is 11.2. The van der Waals surface area contributed by atoms with Crippen molar-refractivity contribution < 1.29 is 9.47 Å². The van der Waals surface area contributed by atoms with E-state index in [0.717, 1.165) is 74.3 Å². The van der Waals surface area contributed by atoms with E-state index in [4.69, 9.17) is 19.4 Å². The number of benzene rings is 6. The number of rotatable bonds is 3. The minimum absolute atomic E-state index is 0.704. The van der Waals surface area contributed by atoms with Gasteiger partial charge in [0.05, 0.1) is 16.7 Å². The quantitative estimate of drug-likeness (QED) is 0.201. The van der Waals surface area contributed by atoms with Gasteiger partial charge in [0.25, 0.3) is 0 Å². The third-order valence-corrected chi connectivity index (χ3v) is 9.30. The molecule has 2 aromatic heterocycles. The van der Waals surface area contributed by atoms with E-state index in [9.17, 15) is 0 Å². The fourth-order valence-electron chi connectivity index (χ4n) is 7.16. The third-order valence-electron chi connectivity index (χ3n) is 9.30. The van der Waals surface area contributed by atoms with Crippen molar-refractivity contribution in [1.29, 1.82) is 0 Å². The molecule has 0 saturated carbocycles. The van der Waals surface area contributed by atoms with Crippen LogP contribution in [-0.4, -0.2) is 14.5 Å². The first-order valence-corrected chi connectivity index (χ1v) is 16.0. The zero-order valence-corrected chi connectivity index (χ0v) is 25.4. The highest BCUT2D eigenvalue weighted by Crippen LogP contribution is 2.51. The summed E-state index contributed by atoms with van der Waals surface area (Å²) in [5, 5.41) is 5.70. The second kappa shape index (κ2) is 10.2.